The Morgan fingerprint density at radius 1 is 0.979 bits per heavy atom. The lowest BCUT2D eigenvalue weighted by Crippen LogP contribution is -2.28. The van der Waals surface area contributed by atoms with Gasteiger partial charge in [0, 0.05) is 18.3 Å². The quantitative estimate of drug-likeness (QED) is 0.182. The van der Waals surface area contributed by atoms with Crippen molar-refractivity contribution in [3.05, 3.63) is 113 Å². The average Bonchev–Trinajstić information content (AvgIpc) is 3.66. The first kappa shape index (κ1) is 31.1. The van der Waals surface area contributed by atoms with Crippen LogP contribution in [0, 0.1) is 5.82 Å². The number of methoxy groups -OCH3 is 1. The molecule has 47 heavy (non-hydrogen) atoms. The summed E-state index contributed by atoms with van der Waals surface area (Å²) in [5, 5.41) is 10.1. The highest BCUT2D eigenvalue weighted by atomic mass is 19.4. The molecule has 14 heteroatoms. The van der Waals surface area contributed by atoms with Crippen LogP contribution in [0.1, 0.15) is 11.4 Å². The number of carbonyl (C=O) groups is 1. The summed E-state index contributed by atoms with van der Waals surface area (Å²) in [5.41, 5.74) is 0.119. The minimum Gasteiger partial charge on any atom is -0.493 e. The maximum atomic E-state index is 15.4. The molecule has 0 spiro atoms. The third-order valence-corrected chi connectivity index (χ3v) is 7.48. The van der Waals surface area contributed by atoms with Crippen molar-refractivity contribution in [2.45, 2.75) is 19.3 Å². The Kier molecular flexibility index (Phi) is 8.24. The van der Waals surface area contributed by atoms with E-state index in [9.17, 15) is 22.8 Å². The molecule has 4 aromatic carbocycles. The molecule has 0 aliphatic carbocycles. The van der Waals surface area contributed by atoms with Crippen molar-refractivity contribution in [2.75, 3.05) is 12.4 Å². The number of hydrogen-bond donors (Lipinski definition) is 2. The van der Waals surface area contributed by atoms with Gasteiger partial charge < -0.3 is 19.8 Å². The van der Waals surface area contributed by atoms with Crippen LogP contribution in [0.2, 0.25) is 0 Å². The van der Waals surface area contributed by atoms with Crippen LogP contribution in [0.3, 0.4) is 0 Å². The molecular weight excluding hydrogens is 620 g/mol. The molecule has 6 rings (SSSR count). The van der Waals surface area contributed by atoms with Crippen LogP contribution in [0.15, 0.2) is 90.0 Å². The molecule has 0 atom stereocenters. The number of carbonyl (C=O) groups excluding carboxylic acids is 1. The van der Waals surface area contributed by atoms with E-state index in [4.69, 9.17) is 9.47 Å². The summed E-state index contributed by atoms with van der Waals surface area (Å²) >= 11 is 0. The molecule has 2 N–H and O–H groups in total. The van der Waals surface area contributed by atoms with Crippen molar-refractivity contribution in [3.63, 3.8) is 0 Å². The number of nitrogens with zero attached hydrogens (tertiary/aromatic N) is 4. The van der Waals surface area contributed by atoms with E-state index in [-0.39, 0.29) is 40.3 Å². The summed E-state index contributed by atoms with van der Waals surface area (Å²) in [5.74, 6) is -1.66. The van der Waals surface area contributed by atoms with E-state index in [2.05, 4.69) is 20.5 Å². The predicted molar refractivity (Wildman–Crippen MR) is 165 cm³/mol. The first-order valence-corrected chi connectivity index (χ1v) is 14.1. The number of H-pyrrole nitrogens is 1. The van der Waals surface area contributed by atoms with E-state index in [0.29, 0.717) is 11.5 Å². The Labute approximate surface area is 264 Å². The largest absolute Gasteiger partial charge is 0.493 e. The number of aromatic amines is 1. The van der Waals surface area contributed by atoms with Crippen LogP contribution in [-0.4, -0.2) is 37.3 Å². The number of hydrogen-bond acceptors (Lipinski definition) is 6. The molecule has 0 fully saturated rings. The van der Waals surface area contributed by atoms with E-state index < -0.39 is 35.7 Å². The van der Waals surface area contributed by atoms with Gasteiger partial charge in [0.05, 0.1) is 23.7 Å². The number of alkyl halides is 3. The molecule has 240 valence electrons. The van der Waals surface area contributed by atoms with Gasteiger partial charge in [-0.25, -0.2) is 9.18 Å². The molecule has 1 amide bonds. The monoisotopic (exact) mass is 646 g/mol. The van der Waals surface area contributed by atoms with Gasteiger partial charge >= 0.3 is 11.9 Å². The Balaban J connectivity index is 1.39. The maximum absolute atomic E-state index is 15.4. The Hall–Kier alpha value is -5.92. The van der Waals surface area contributed by atoms with E-state index in [0.717, 1.165) is 38.5 Å². The number of ether oxygens (including phenoxy) is 2. The number of aryl methyl sites for hydroxylation is 1. The highest BCUT2D eigenvalue weighted by Gasteiger charge is 2.33. The first-order valence-electron chi connectivity index (χ1n) is 14.1. The van der Waals surface area contributed by atoms with Crippen LogP contribution in [0.25, 0.3) is 33.3 Å². The molecule has 0 unspecified atom stereocenters. The van der Waals surface area contributed by atoms with Crippen LogP contribution in [0.5, 0.6) is 11.5 Å². The molecular formula is C33H26F4N6O4. The van der Waals surface area contributed by atoms with Gasteiger partial charge in [0.2, 0.25) is 5.91 Å². The smallest absolute Gasteiger partial charge is 0.416 e. The van der Waals surface area contributed by atoms with Crippen molar-refractivity contribution in [1.82, 2.24) is 24.3 Å². The lowest BCUT2D eigenvalue weighted by molar-refractivity contribution is -0.137. The van der Waals surface area contributed by atoms with Crippen molar-refractivity contribution in [3.8, 4) is 33.8 Å². The number of rotatable bonds is 9. The standard InChI is InChI=1S/C33H26F4N6O4/c1-42-30-24(21-12-25(34)31(27(13-21)46-2)47-17-28-38-18-39-41-28)14-22(33(35,36)37)15-26(30)43(32(42)45)16-29(44)40-23-10-6-9-20(11-23)19-7-4-3-5-8-19/h3-15,18H,16-17H2,1-2H3,(H,40,44)(H,38,39,41). The minimum absolute atomic E-state index is 0.0163. The highest BCUT2D eigenvalue weighted by molar-refractivity contribution is 5.96. The zero-order valence-corrected chi connectivity index (χ0v) is 24.9. The van der Waals surface area contributed by atoms with E-state index >= 15 is 4.39 Å². The second kappa shape index (κ2) is 12.5. The van der Waals surface area contributed by atoms with Crippen molar-refractivity contribution in [2.24, 2.45) is 7.05 Å². The molecule has 0 aliphatic heterocycles. The maximum Gasteiger partial charge on any atom is 0.416 e. The number of anilines is 1. The van der Waals surface area contributed by atoms with Gasteiger partial charge in [-0.2, -0.15) is 13.2 Å². The van der Waals surface area contributed by atoms with Gasteiger partial charge in [-0.05, 0) is 53.1 Å². The van der Waals surface area contributed by atoms with Crippen molar-refractivity contribution in [1.29, 1.82) is 0 Å². The fourth-order valence-electron chi connectivity index (χ4n) is 5.30. The lowest BCUT2D eigenvalue weighted by atomic mass is 9.99. The lowest BCUT2D eigenvalue weighted by Gasteiger charge is -2.15. The number of fused-ring (bicyclic) bond motifs is 1. The summed E-state index contributed by atoms with van der Waals surface area (Å²) in [6, 6.07) is 20.4. The van der Waals surface area contributed by atoms with E-state index in [1.807, 2.05) is 36.4 Å². The second-order valence-electron chi connectivity index (χ2n) is 10.5. The predicted octanol–water partition coefficient (Wildman–Crippen LogP) is 6.18. The van der Waals surface area contributed by atoms with Gasteiger partial charge in [0.15, 0.2) is 23.1 Å². The van der Waals surface area contributed by atoms with Crippen LogP contribution in [0.4, 0.5) is 23.2 Å². The normalized spacial score (nSPS) is 11.5. The molecule has 2 aromatic heterocycles. The number of amides is 1. The molecule has 0 aliphatic rings. The molecule has 2 heterocycles. The van der Waals surface area contributed by atoms with Gasteiger partial charge in [-0.3, -0.25) is 13.9 Å². The number of aromatic nitrogens is 5. The molecule has 0 saturated carbocycles. The highest BCUT2D eigenvalue weighted by Crippen LogP contribution is 2.41. The first-order chi connectivity index (χ1) is 22.5. The fourth-order valence-corrected chi connectivity index (χ4v) is 5.30. The Morgan fingerprint density at radius 3 is 2.45 bits per heavy atom. The Bertz CT molecular complexity index is 2140. The topological polar surface area (TPSA) is 116 Å². The number of benzene rings is 4. The Morgan fingerprint density at radius 2 is 1.74 bits per heavy atom. The minimum atomic E-state index is -4.83. The number of nitrogens with one attached hydrogen (secondary N) is 2. The molecule has 0 bridgehead atoms. The second-order valence-corrected chi connectivity index (χ2v) is 10.5. The van der Waals surface area contributed by atoms with Gasteiger partial charge in [-0.1, -0.05) is 42.5 Å². The summed E-state index contributed by atoms with van der Waals surface area (Å²) < 4.78 is 70.9. The molecule has 10 nitrogen and oxygen atoms in total. The number of imidazole rings is 1. The van der Waals surface area contributed by atoms with Crippen LogP contribution in [-0.2, 0) is 31.2 Å². The summed E-state index contributed by atoms with van der Waals surface area (Å²) in [7, 11) is 2.61. The SMILES string of the molecule is COc1cc(-c2cc(C(F)(F)F)cc3c2n(C)c(=O)n3CC(=O)Nc2cccc(-c3ccccc3)c2)cc(F)c1OCc1nnc[nH]1. The van der Waals surface area contributed by atoms with Gasteiger partial charge in [0.1, 0.15) is 19.5 Å². The summed E-state index contributed by atoms with van der Waals surface area (Å²) in [6.07, 6.45) is -3.51. The molecule has 6 aromatic rings. The van der Waals surface area contributed by atoms with Gasteiger partial charge in [0.25, 0.3) is 0 Å². The molecule has 0 saturated heterocycles. The molecule has 0 radical (unpaired) electrons. The third-order valence-electron chi connectivity index (χ3n) is 7.48. The average molecular weight is 647 g/mol. The number of halogens is 4. The van der Waals surface area contributed by atoms with Gasteiger partial charge in [-0.15, -0.1) is 10.2 Å². The summed E-state index contributed by atoms with van der Waals surface area (Å²) in [6.45, 7) is -0.769. The van der Waals surface area contributed by atoms with E-state index in [1.54, 1.807) is 18.2 Å². The zero-order valence-electron chi connectivity index (χ0n) is 24.9. The third kappa shape index (κ3) is 6.30. The summed E-state index contributed by atoms with van der Waals surface area (Å²) in [4.78, 5) is 29.3. The van der Waals surface area contributed by atoms with Crippen molar-refractivity contribution < 1.29 is 31.8 Å². The fraction of sp³-hybridized carbons (Fsp3) is 0.152. The zero-order chi connectivity index (χ0) is 33.3. The van der Waals surface area contributed by atoms with Crippen molar-refractivity contribution >= 4 is 22.6 Å². The van der Waals surface area contributed by atoms with Crippen LogP contribution < -0.4 is 20.5 Å². The van der Waals surface area contributed by atoms with Crippen LogP contribution >= 0.6 is 0 Å². The van der Waals surface area contributed by atoms with E-state index in [1.165, 1.54) is 26.6 Å².